The minimum atomic E-state index is -0.213. The van der Waals surface area contributed by atoms with Gasteiger partial charge in [0.05, 0.1) is 18.9 Å². The van der Waals surface area contributed by atoms with Crippen LogP contribution in [0.25, 0.3) is 11.3 Å². The molecule has 1 aromatic heterocycles. The number of nitrogens with zero attached hydrogens (tertiary/aromatic N) is 4. The predicted octanol–water partition coefficient (Wildman–Crippen LogP) is 1.17. The Morgan fingerprint density at radius 2 is 1.93 bits per heavy atom. The van der Waals surface area contributed by atoms with E-state index >= 15 is 0 Å². The van der Waals surface area contributed by atoms with Gasteiger partial charge in [-0.25, -0.2) is 0 Å². The zero-order chi connectivity index (χ0) is 18.5. The maximum atomic E-state index is 12.7. The molecule has 0 bridgehead atoms. The summed E-state index contributed by atoms with van der Waals surface area (Å²) in [6, 6.07) is 13.9. The molecule has 3 heterocycles. The first kappa shape index (κ1) is 17.9. The van der Waals surface area contributed by atoms with Gasteiger partial charge in [0.2, 0.25) is 5.91 Å². The molecule has 142 valence electrons. The second-order valence-electron chi connectivity index (χ2n) is 6.89. The molecule has 1 amide bonds. The molecule has 1 unspecified atom stereocenters. The Morgan fingerprint density at radius 1 is 1.04 bits per heavy atom. The summed E-state index contributed by atoms with van der Waals surface area (Å²) < 4.78 is 5.42. The second-order valence-corrected chi connectivity index (χ2v) is 6.89. The van der Waals surface area contributed by atoms with Crippen LogP contribution in [0.1, 0.15) is 6.42 Å². The second kappa shape index (κ2) is 8.45. The number of nitrogens with one attached hydrogen (secondary N) is 1. The number of amides is 1. The Kier molecular flexibility index (Phi) is 5.60. The van der Waals surface area contributed by atoms with Gasteiger partial charge in [0.15, 0.2) is 5.82 Å². The number of benzene rings is 1. The summed E-state index contributed by atoms with van der Waals surface area (Å²) in [5.74, 6) is 1.00. The Hall–Kier alpha value is -2.51. The lowest BCUT2D eigenvalue weighted by Gasteiger charge is -2.29. The van der Waals surface area contributed by atoms with Crippen LogP contribution in [0.15, 0.2) is 42.5 Å². The Labute approximate surface area is 159 Å². The van der Waals surface area contributed by atoms with E-state index in [1.54, 1.807) is 0 Å². The molecule has 4 rings (SSSR count). The van der Waals surface area contributed by atoms with Crippen LogP contribution in [0, 0.1) is 0 Å². The minimum absolute atomic E-state index is 0.141. The highest BCUT2D eigenvalue weighted by Crippen LogP contribution is 2.19. The number of anilines is 1. The molecule has 0 aliphatic carbocycles. The lowest BCUT2D eigenvalue weighted by molar-refractivity contribution is -0.136. The molecule has 0 spiro atoms. The molecule has 1 aromatic carbocycles. The Balaban J connectivity index is 1.38. The van der Waals surface area contributed by atoms with E-state index in [2.05, 4.69) is 20.4 Å². The minimum Gasteiger partial charge on any atom is -0.378 e. The maximum Gasteiger partial charge on any atom is 0.242 e. The van der Waals surface area contributed by atoms with Gasteiger partial charge >= 0.3 is 0 Å². The summed E-state index contributed by atoms with van der Waals surface area (Å²) in [5.41, 5.74) is 1.93. The monoisotopic (exact) mass is 367 g/mol. The molecule has 0 radical (unpaired) electrons. The smallest absolute Gasteiger partial charge is 0.242 e. The fraction of sp³-hybridized carbons (Fsp3) is 0.450. The highest BCUT2D eigenvalue weighted by molar-refractivity contribution is 5.82. The van der Waals surface area contributed by atoms with Crippen molar-refractivity contribution in [3.05, 3.63) is 42.5 Å². The van der Waals surface area contributed by atoms with Gasteiger partial charge < -0.3 is 19.9 Å². The number of carbonyl (C=O) groups excluding carboxylic acids is 1. The standard InChI is InChI=1S/C20H25N5O2/c26-20(18-15-27-14-9-21-18)25-11-4-10-24(12-13-25)19-8-7-17(22-23-19)16-5-2-1-3-6-16/h1-3,5-8,18,21H,4,9-15H2. The molecule has 2 aliphatic heterocycles. The number of rotatable bonds is 3. The van der Waals surface area contributed by atoms with Crippen LogP contribution in [0.4, 0.5) is 5.82 Å². The third-order valence-electron chi connectivity index (χ3n) is 5.07. The normalized spacial score (nSPS) is 21.0. The van der Waals surface area contributed by atoms with Crippen LogP contribution in [-0.2, 0) is 9.53 Å². The van der Waals surface area contributed by atoms with Crippen molar-refractivity contribution in [2.24, 2.45) is 0 Å². The third kappa shape index (κ3) is 4.26. The van der Waals surface area contributed by atoms with E-state index in [9.17, 15) is 4.79 Å². The van der Waals surface area contributed by atoms with Gasteiger partial charge in [-0.2, -0.15) is 0 Å². The van der Waals surface area contributed by atoms with Gasteiger partial charge in [-0.05, 0) is 18.6 Å². The molecule has 7 nitrogen and oxygen atoms in total. The van der Waals surface area contributed by atoms with E-state index in [1.807, 2.05) is 47.4 Å². The molecule has 1 N–H and O–H groups in total. The molecule has 0 saturated carbocycles. The van der Waals surface area contributed by atoms with Crippen molar-refractivity contribution >= 4 is 11.7 Å². The van der Waals surface area contributed by atoms with Gasteiger partial charge in [-0.1, -0.05) is 30.3 Å². The molecule has 2 aliphatic rings. The molecule has 27 heavy (non-hydrogen) atoms. The average Bonchev–Trinajstić information content (AvgIpc) is 3.01. The maximum absolute atomic E-state index is 12.7. The van der Waals surface area contributed by atoms with Crippen LogP contribution in [0.5, 0.6) is 0 Å². The van der Waals surface area contributed by atoms with Crippen molar-refractivity contribution in [3.63, 3.8) is 0 Å². The van der Waals surface area contributed by atoms with Crippen molar-refractivity contribution in [2.75, 3.05) is 50.8 Å². The van der Waals surface area contributed by atoms with Crippen LogP contribution < -0.4 is 10.2 Å². The number of aromatic nitrogens is 2. The van der Waals surface area contributed by atoms with E-state index in [-0.39, 0.29) is 11.9 Å². The molecular weight excluding hydrogens is 342 g/mol. The first-order valence-corrected chi connectivity index (χ1v) is 9.55. The largest absolute Gasteiger partial charge is 0.378 e. The molecule has 7 heteroatoms. The highest BCUT2D eigenvalue weighted by Gasteiger charge is 2.28. The Morgan fingerprint density at radius 3 is 2.67 bits per heavy atom. The average molecular weight is 367 g/mol. The molecule has 1 atom stereocenters. The van der Waals surface area contributed by atoms with Gasteiger partial charge in [-0.15, -0.1) is 10.2 Å². The van der Waals surface area contributed by atoms with E-state index in [1.165, 1.54) is 0 Å². The fourth-order valence-corrected chi connectivity index (χ4v) is 3.57. The lowest BCUT2D eigenvalue weighted by atomic mass is 10.1. The zero-order valence-corrected chi connectivity index (χ0v) is 15.4. The molecule has 2 aromatic rings. The van der Waals surface area contributed by atoms with E-state index < -0.39 is 0 Å². The van der Waals surface area contributed by atoms with Crippen molar-refractivity contribution in [2.45, 2.75) is 12.5 Å². The number of ether oxygens (including phenoxy) is 1. The first-order valence-electron chi connectivity index (χ1n) is 9.55. The topological polar surface area (TPSA) is 70.6 Å². The first-order chi connectivity index (χ1) is 13.3. The van der Waals surface area contributed by atoms with E-state index in [4.69, 9.17) is 4.74 Å². The van der Waals surface area contributed by atoms with Crippen LogP contribution in [0.3, 0.4) is 0 Å². The fourth-order valence-electron chi connectivity index (χ4n) is 3.57. The van der Waals surface area contributed by atoms with Crippen molar-refractivity contribution in [3.8, 4) is 11.3 Å². The van der Waals surface area contributed by atoms with Crippen LogP contribution in [-0.4, -0.2) is 73.0 Å². The molecule has 2 fully saturated rings. The van der Waals surface area contributed by atoms with Crippen LogP contribution >= 0.6 is 0 Å². The zero-order valence-electron chi connectivity index (χ0n) is 15.4. The summed E-state index contributed by atoms with van der Waals surface area (Å²) in [6.45, 7) is 4.97. The lowest BCUT2D eigenvalue weighted by Crippen LogP contribution is -2.53. The summed E-state index contributed by atoms with van der Waals surface area (Å²) in [6.07, 6.45) is 0.918. The number of morpholine rings is 1. The molecule has 2 saturated heterocycles. The van der Waals surface area contributed by atoms with Gasteiger partial charge in [0.1, 0.15) is 6.04 Å². The third-order valence-corrected chi connectivity index (χ3v) is 5.07. The van der Waals surface area contributed by atoms with Crippen LogP contribution in [0.2, 0.25) is 0 Å². The van der Waals surface area contributed by atoms with Gasteiger partial charge in [0.25, 0.3) is 0 Å². The summed E-state index contributed by atoms with van der Waals surface area (Å²) in [4.78, 5) is 16.8. The van der Waals surface area contributed by atoms with Crippen molar-refractivity contribution in [1.82, 2.24) is 20.4 Å². The van der Waals surface area contributed by atoms with Crippen molar-refractivity contribution < 1.29 is 9.53 Å². The van der Waals surface area contributed by atoms with E-state index in [0.717, 1.165) is 49.7 Å². The summed E-state index contributed by atoms with van der Waals surface area (Å²) in [5, 5.41) is 12.1. The SMILES string of the molecule is O=C(C1COCCN1)N1CCCN(c2ccc(-c3ccccc3)nn2)CC1. The molecular formula is C20H25N5O2. The predicted molar refractivity (Wildman–Crippen MR) is 103 cm³/mol. The van der Waals surface area contributed by atoms with Gasteiger partial charge in [0, 0.05) is 38.3 Å². The number of carbonyl (C=O) groups is 1. The van der Waals surface area contributed by atoms with Gasteiger partial charge in [-0.3, -0.25) is 4.79 Å². The Bertz CT molecular complexity index is 747. The van der Waals surface area contributed by atoms with Crippen molar-refractivity contribution in [1.29, 1.82) is 0 Å². The van der Waals surface area contributed by atoms with E-state index in [0.29, 0.717) is 19.8 Å². The summed E-state index contributed by atoms with van der Waals surface area (Å²) in [7, 11) is 0. The number of hydrogen-bond acceptors (Lipinski definition) is 6. The quantitative estimate of drug-likeness (QED) is 0.878. The summed E-state index contributed by atoms with van der Waals surface area (Å²) >= 11 is 0. The highest BCUT2D eigenvalue weighted by atomic mass is 16.5. The number of hydrogen-bond donors (Lipinski definition) is 1.